The Bertz CT molecular complexity index is 292. The van der Waals surface area contributed by atoms with E-state index in [-0.39, 0.29) is 5.54 Å². The molecule has 0 aliphatic carbocycles. The third-order valence-electron chi connectivity index (χ3n) is 2.32. The lowest BCUT2D eigenvalue weighted by atomic mass is 10.1. The predicted octanol–water partition coefficient (Wildman–Crippen LogP) is 2.53. The van der Waals surface area contributed by atoms with Crippen LogP contribution in [-0.4, -0.2) is 18.6 Å². The molecule has 0 atom stereocenters. The van der Waals surface area contributed by atoms with Crippen molar-refractivity contribution in [1.29, 1.82) is 0 Å². The van der Waals surface area contributed by atoms with Crippen molar-refractivity contribution in [3.8, 4) is 0 Å². The highest BCUT2D eigenvalue weighted by Gasteiger charge is 2.14. The van der Waals surface area contributed by atoms with Crippen molar-refractivity contribution in [1.82, 2.24) is 10.6 Å². The van der Waals surface area contributed by atoms with E-state index in [1.807, 2.05) is 11.3 Å². The maximum atomic E-state index is 3.49. The Morgan fingerprint density at radius 2 is 2.07 bits per heavy atom. The Morgan fingerprint density at radius 3 is 2.60 bits per heavy atom. The van der Waals surface area contributed by atoms with Crippen molar-refractivity contribution < 1.29 is 0 Å². The van der Waals surface area contributed by atoms with Gasteiger partial charge < -0.3 is 10.6 Å². The van der Waals surface area contributed by atoms with Gasteiger partial charge in [0.2, 0.25) is 0 Å². The smallest absolute Gasteiger partial charge is 0.0300 e. The first-order chi connectivity index (χ1) is 7.03. The molecule has 0 radical (unpaired) electrons. The zero-order chi connectivity index (χ0) is 11.3. The molecule has 1 heterocycles. The van der Waals surface area contributed by atoms with Gasteiger partial charge in [0.05, 0.1) is 0 Å². The number of likely N-dealkylation sites (N-methyl/N-ethyl adjacent to an activating group) is 1. The molecule has 2 N–H and O–H groups in total. The van der Waals surface area contributed by atoms with Crippen LogP contribution < -0.4 is 10.6 Å². The second kappa shape index (κ2) is 5.64. The Morgan fingerprint density at radius 1 is 1.33 bits per heavy atom. The van der Waals surface area contributed by atoms with Gasteiger partial charge in [0.15, 0.2) is 0 Å². The fourth-order valence-corrected chi connectivity index (χ4v) is 2.48. The summed E-state index contributed by atoms with van der Waals surface area (Å²) in [5.41, 5.74) is 0.182. The Labute approximate surface area is 97.1 Å². The topological polar surface area (TPSA) is 24.1 Å². The van der Waals surface area contributed by atoms with Crippen LogP contribution >= 0.6 is 11.3 Å². The maximum absolute atomic E-state index is 3.49. The van der Waals surface area contributed by atoms with Crippen LogP contribution in [0.25, 0.3) is 0 Å². The molecular weight excluding hydrogens is 204 g/mol. The van der Waals surface area contributed by atoms with Gasteiger partial charge in [-0.15, -0.1) is 11.3 Å². The van der Waals surface area contributed by atoms with Crippen LogP contribution in [-0.2, 0) is 6.54 Å². The monoisotopic (exact) mass is 226 g/mol. The molecule has 0 saturated carbocycles. The molecule has 0 aromatic carbocycles. The highest BCUT2D eigenvalue weighted by atomic mass is 32.1. The molecule has 0 fully saturated rings. The number of hydrogen-bond donors (Lipinski definition) is 2. The summed E-state index contributed by atoms with van der Waals surface area (Å²) >= 11 is 1.87. The minimum absolute atomic E-state index is 0.182. The van der Waals surface area contributed by atoms with E-state index < -0.39 is 0 Å². The van der Waals surface area contributed by atoms with Crippen LogP contribution in [0.15, 0.2) is 12.1 Å². The van der Waals surface area contributed by atoms with Gasteiger partial charge in [-0.1, -0.05) is 6.92 Å². The van der Waals surface area contributed by atoms with Gasteiger partial charge in [0.1, 0.15) is 0 Å². The first-order valence-electron chi connectivity index (χ1n) is 5.54. The number of thiophene rings is 1. The first kappa shape index (κ1) is 12.7. The van der Waals surface area contributed by atoms with Crippen molar-refractivity contribution in [2.45, 2.75) is 39.8 Å². The predicted molar refractivity (Wildman–Crippen MR) is 68.5 cm³/mol. The SMILES string of the molecule is CCNC(C)(C)CNCc1ccc(C)s1. The van der Waals surface area contributed by atoms with E-state index in [9.17, 15) is 0 Å². The third kappa shape index (κ3) is 4.78. The summed E-state index contributed by atoms with van der Waals surface area (Å²) in [5.74, 6) is 0. The van der Waals surface area contributed by atoms with Gasteiger partial charge in [-0.2, -0.15) is 0 Å². The van der Waals surface area contributed by atoms with Crippen LogP contribution in [0.1, 0.15) is 30.5 Å². The molecule has 0 amide bonds. The van der Waals surface area contributed by atoms with E-state index in [1.54, 1.807) is 0 Å². The van der Waals surface area contributed by atoms with Crippen molar-refractivity contribution in [2.24, 2.45) is 0 Å². The summed E-state index contributed by atoms with van der Waals surface area (Å²) in [6.07, 6.45) is 0. The average Bonchev–Trinajstić information content (AvgIpc) is 2.51. The van der Waals surface area contributed by atoms with Crippen LogP contribution in [0.4, 0.5) is 0 Å². The molecular formula is C12H22N2S. The van der Waals surface area contributed by atoms with Crippen molar-refractivity contribution in [3.63, 3.8) is 0 Å². The second-order valence-corrected chi connectivity index (χ2v) is 5.90. The zero-order valence-corrected chi connectivity index (χ0v) is 11.0. The molecule has 0 bridgehead atoms. The van der Waals surface area contributed by atoms with Crippen molar-refractivity contribution in [2.75, 3.05) is 13.1 Å². The average molecular weight is 226 g/mol. The van der Waals surface area contributed by atoms with Crippen molar-refractivity contribution in [3.05, 3.63) is 21.9 Å². The molecule has 0 aliphatic rings. The summed E-state index contributed by atoms with van der Waals surface area (Å²) in [6, 6.07) is 4.38. The first-order valence-corrected chi connectivity index (χ1v) is 6.36. The fourth-order valence-electron chi connectivity index (χ4n) is 1.62. The van der Waals surface area contributed by atoms with Gasteiger partial charge in [-0.3, -0.25) is 0 Å². The van der Waals surface area contributed by atoms with E-state index in [2.05, 4.69) is 50.5 Å². The molecule has 1 aromatic heterocycles. The van der Waals surface area contributed by atoms with E-state index in [0.29, 0.717) is 0 Å². The molecule has 0 spiro atoms. The van der Waals surface area contributed by atoms with E-state index in [0.717, 1.165) is 19.6 Å². The van der Waals surface area contributed by atoms with E-state index in [1.165, 1.54) is 9.75 Å². The molecule has 3 heteroatoms. The number of aryl methyl sites for hydroxylation is 1. The van der Waals surface area contributed by atoms with Crippen LogP contribution in [0.3, 0.4) is 0 Å². The molecule has 15 heavy (non-hydrogen) atoms. The normalized spacial score (nSPS) is 12.0. The Balaban J connectivity index is 2.27. The molecule has 0 aliphatic heterocycles. The van der Waals surface area contributed by atoms with Crippen LogP contribution in [0, 0.1) is 6.92 Å². The van der Waals surface area contributed by atoms with Gasteiger partial charge in [0.25, 0.3) is 0 Å². The largest absolute Gasteiger partial charge is 0.311 e. The lowest BCUT2D eigenvalue weighted by Gasteiger charge is -2.25. The molecule has 2 nitrogen and oxygen atoms in total. The molecule has 86 valence electrons. The zero-order valence-electron chi connectivity index (χ0n) is 10.2. The lowest BCUT2D eigenvalue weighted by Crippen LogP contribution is -2.47. The van der Waals surface area contributed by atoms with E-state index >= 15 is 0 Å². The van der Waals surface area contributed by atoms with Crippen LogP contribution in [0.2, 0.25) is 0 Å². The summed E-state index contributed by atoms with van der Waals surface area (Å²) in [6.45, 7) is 11.7. The minimum atomic E-state index is 0.182. The standard InChI is InChI=1S/C12H22N2S/c1-5-14-12(3,4)9-13-8-11-7-6-10(2)15-11/h6-7,13-14H,5,8-9H2,1-4H3. The summed E-state index contributed by atoms with van der Waals surface area (Å²) in [7, 11) is 0. The van der Waals surface area contributed by atoms with Gasteiger partial charge >= 0.3 is 0 Å². The lowest BCUT2D eigenvalue weighted by molar-refractivity contribution is 0.374. The fraction of sp³-hybridized carbons (Fsp3) is 0.667. The highest BCUT2D eigenvalue weighted by Crippen LogP contribution is 2.14. The molecule has 0 unspecified atom stereocenters. The minimum Gasteiger partial charge on any atom is -0.311 e. The summed E-state index contributed by atoms with van der Waals surface area (Å²) < 4.78 is 0. The Hall–Kier alpha value is -0.380. The molecule has 0 saturated heterocycles. The highest BCUT2D eigenvalue weighted by molar-refractivity contribution is 7.11. The summed E-state index contributed by atoms with van der Waals surface area (Å²) in [4.78, 5) is 2.80. The number of hydrogen-bond acceptors (Lipinski definition) is 3. The van der Waals surface area contributed by atoms with Gasteiger partial charge in [-0.25, -0.2) is 0 Å². The van der Waals surface area contributed by atoms with Crippen LogP contribution in [0.5, 0.6) is 0 Å². The van der Waals surface area contributed by atoms with Gasteiger partial charge in [-0.05, 0) is 39.4 Å². The molecule has 1 rings (SSSR count). The maximum Gasteiger partial charge on any atom is 0.0300 e. The summed E-state index contributed by atoms with van der Waals surface area (Å²) in [5, 5.41) is 6.94. The number of rotatable bonds is 6. The quantitative estimate of drug-likeness (QED) is 0.779. The molecule has 1 aromatic rings. The Kier molecular flexibility index (Phi) is 4.77. The number of nitrogens with one attached hydrogen (secondary N) is 2. The van der Waals surface area contributed by atoms with Crippen molar-refractivity contribution >= 4 is 11.3 Å². The third-order valence-corrected chi connectivity index (χ3v) is 3.32. The van der Waals surface area contributed by atoms with E-state index in [4.69, 9.17) is 0 Å². The second-order valence-electron chi connectivity index (χ2n) is 4.53. The van der Waals surface area contributed by atoms with Gasteiger partial charge in [0, 0.05) is 28.4 Å².